The van der Waals surface area contributed by atoms with E-state index >= 15 is 0 Å². The van der Waals surface area contributed by atoms with Gasteiger partial charge in [0.1, 0.15) is 5.75 Å². The van der Waals surface area contributed by atoms with Crippen LogP contribution in [0.4, 0.5) is 11.4 Å². The van der Waals surface area contributed by atoms with Crippen LogP contribution in [0.3, 0.4) is 0 Å². The van der Waals surface area contributed by atoms with Gasteiger partial charge in [-0.05, 0) is 51.2 Å². The molecule has 1 aromatic heterocycles. The number of hydrogen-bond acceptors (Lipinski definition) is 8. The molecular weight excluding hydrogens is 586 g/mol. The highest BCUT2D eigenvalue weighted by Crippen LogP contribution is 2.24. The molecule has 1 saturated heterocycles. The topological polar surface area (TPSA) is 166 Å². The number of hydrogen-bond donors (Lipinski definition) is 4. The maximum atomic E-state index is 13.4. The van der Waals surface area contributed by atoms with E-state index in [1.54, 1.807) is 30.3 Å². The third-order valence-electron chi connectivity index (χ3n) is 6.94. The van der Waals surface area contributed by atoms with Gasteiger partial charge in [-0.1, -0.05) is 30.3 Å². The van der Waals surface area contributed by atoms with Gasteiger partial charge in [0.25, 0.3) is 5.91 Å². The number of likely N-dealkylation sites (N-methyl/N-ethyl adjacent to an activating group) is 1. The lowest BCUT2D eigenvalue weighted by molar-refractivity contribution is -0.115. The minimum absolute atomic E-state index is 0.0313. The number of H-pyrrole nitrogens is 1. The number of aromatic nitrogens is 2. The van der Waals surface area contributed by atoms with Crippen LogP contribution in [0, 0.1) is 0 Å². The Bertz CT molecular complexity index is 1610. The maximum Gasteiger partial charge on any atom is 0.274 e. The van der Waals surface area contributed by atoms with Crippen LogP contribution in [-0.4, -0.2) is 92.4 Å². The van der Waals surface area contributed by atoms with Gasteiger partial charge >= 0.3 is 0 Å². The van der Waals surface area contributed by atoms with Gasteiger partial charge in [-0.2, -0.15) is 9.40 Å². The molecular formula is C30H37N7O6S. The molecule has 2 aromatic carbocycles. The Morgan fingerprint density at radius 1 is 1.09 bits per heavy atom. The lowest BCUT2D eigenvalue weighted by Gasteiger charge is -2.31. The number of nitrogens with one attached hydrogen (secondary N) is 4. The molecule has 4 N–H and O–H groups in total. The van der Waals surface area contributed by atoms with Crippen molar-refractivity contribution in [3.8, 4) is 5.75 Å². The van der Waals surface area contributed by atoms with E-state index in [1.165, 1.54) is 35.8 Å². The number of nitrogens with zero attached hydrogens (tertiary/aromatic N) is 3. The van der Waals surface area contributed by atoms with Gasteiger partial charge in [-0.25, -0.2) is 8.42 Å². The molecule has 44 heavy (non-hydrogen) atoms. The van der Waals surface area contributed by atoms with E-state index in [4.69, 9.17) is 4.74 Å². The highest BCUT2D eigenvalue weighted by molar-refractivity contribution is 7.89. The monoisotopic (exact) mass is 623 g/mol. The Morgan fingerprint density at radius 2 is 1.84 bits per heavy atom. The van der Waals surface area contributed by atoms with Crippen LogP contribution in [0.25, 0.3) is 0 Å². The van der Waals surface area contributed by atoms with Gasteiger partial charge in [0.15, 0.2) is 5.69 Å². The molecule has 0 atom stereocenters. The summed E-state index contributed by atoms with van der Waals surface area (Å²) in [7, 11) is 1.48. The van der Waals surface area contributed by atoms with Crippen molar-refractivity contribution in [1.82, 2.24) is 24.7 Å². The summed E-state index contributed by atoms with van der Waals surface area (Å²) in [5.41, 5.74) is 1.34. The normalized spacial score (nSPS) is 14.5. The SMILES string of the molecule is COc1ccccc1CC(=O)Nc1c[nH]nc1C(=O)NC1CCN(S(=O)(=O)c2cccc(NC(=O)C=CCN(C)C)c2)CC1. The van der Waals surface area contributed by atoms with E-state index in [1.807, 2.05) is 31.1 Å². The summed E-state index contributed by atoms with van der Waals surface area (Å²) in [6.07, 6.45) is 5.37. The van der Waals surface area contributed by atoms with Crippen molar-refractivity contribution in [2.24, 2.45) is 0 Å². The van der Waals surface area contributed by atoms with E-state index < -0.39 is 15.9 Å². The van der Waals surface area contributed by atoms with Crippen LogP contribution < -0.4 is 20.7 Å². The third kappa shape index (κ3) is 8.52. The summed E-state index contributed by atoms with van der Waals surface area (Å²) in [6, 6.07) is 13.0. The van der Waals surface area contributed by atoms with Crippen LogP contribution in [0.1, 0.15) is 28.9 Å². The Labute approximate surface area is 256 Å². The van der Waals surface area contributed by atoms with Gasteiger partial charge in [-0.15, -0.1) is 0 Å². The molecule has 4 rings (SSSR count). The molecule has 0 radical (unpaired) electrons. The van der Waals surface area contributed by atoms with Crippen molar-refractivity contribution < 1.29 is 27.5 Å². The van der Waals surface area contributed by atoms with Gasteiger partial charge in [0, 0.05) is 49.2 Å². The maximum absolute atomic E-state index is 13.4. The van der Waals surface area contributed by atoms with Crippen molar-refractivity contribution in [3.05, 3.63) is 78.1 Å². The smallest absolute Gasteiger partial charge is 0.274 e. The highest BCUT2D eigenvalue weighted by Gasteiger charge is 2.31. The number of piperidine rings is 1. The summed E-state index contributed by atoms with van der Waals surface area (Å²) in [5, 5.41) is 14.9. The van der Waals surface area contributed by atoms with E-state index in [-0.39, 0.29) is 53.6 Å². The average molecular weight is 624 g/mol. The number of carbonyl (C=O) groups excluding carboxylic acids is 3. The fourth-order valence-corrected chi connectivity index (χ4v) is 6.22. The molecule has 234 valence electrons. The van der Waals surface area contributed by atoms with Crippen LogP contribution in [-0.2, 0) is 26.0 Å². The first-order valence-corrected chi connectivity index (χ1v) is 15.5. The molecule has 13 nitrogen and oxygen atoms in total. The largest absolute Gasteiger partial charge is 0.496 e. The Balaban J connectivity index is 1.31. The minimum Gasteiger partial charge on any atom is -0.496 e. The number of rotatable bonds is 12. The summed E-state index contributed by atoms with van der Waals surface area (Å²) in [5.74, 6) is -0.589. The second-order valence-electron chi connectivity index (χ2n) is 10.5. The number of carbonyl (C=O) groups is 3. The second-order valence-corrected chi connectivity index (χ2v) is 12.5. The first-order chi connectivity index (χ1) is 21.1. The molecule has 0 spiro atoms. The number of aromatic amines is 1. The van der Waals surface area contributed by atoms with Gasteiger partial charge in [0.2, 0.25) is 21.8 Å². The van der Waals surface area contributed by atoms with Crippen LogP contribution in [0.5, 0.6) is 5.75 Å². The predicted molar refractivity (Wildman–Crippen MR) is 166 cm³/mol. The van der Waals surface area contributed by atoms with Crippen LogP contribution in [0.15, 0.2) is 71.8 Å². The highest BCUT2D eigenvalue weighted by atomic mass is 32.2. The third-order valence-corrected chi connectivity index (χ3v) is 8.84. The van der Waals surface area contributed by atoms with E-state index in [0.717, 1.165) is 0 Å². The molecule has 0 aliphatic carbocycles. The summed E-state index contributed by atoms with van der Waals surface area (Å²) in [4.78, 5) is 39.9. The lowest BCUT2D eigenvalue weighted by Crippen LogP contribution is -2.46. The molecule has 0 bridgehead atoms. The number of ether oxygens (including phenoxy) is 1. The number of amides is 3. The van der Waals surface area contributed by atoms with Gasteiger partial charge in [-0.3, -0.25) is 19.5 Å². The molecule has 1 aliphatic heterocycles. The molecule has 1 aliphatic rings. The summed E-state index contributed by atoms with van der Waals surface area (Å²) >= 11 is 0. The Kier molecular flexibility index (Phi) is 10.9. The zero-order valence-corrected chi connectivity index (χ0v) is 25.7. The van der Waals surface area contributed by atoms with Crippen molar-refractivity contribution in [3.63, 3.8) is 0 Å². The fraction of sp³-hybridized carbons (Fsp3) is 0.333. The fourth-order valence-electron chi connectivity index (χ4n) is 4.71. The van der Waals surface area contributed by atoms with Crippen LogP contribution in [0.2, 0.25) is 0 Å². The zero-order valence-electron chi connectivity index (χ0n) is 24.9. The number of para-hydroxylation sites is 1. The first-order valence-electron chi connectivity index (χ1n) is 14.1. The summed E-state index contributed by atoms with van der Waals surface area (Å²) < 4.78 is 33.4. The first kappa shape index (κ1) is 32.4. The van der Waals surface area contributed by atoms with Crippen molar-refractivity contribution in [1.29, 1.82) is 0 Å². The molecule has 3 amide bonds. The quantitative estimate of drug-likeness (QED) is 0.223. The summed E-state index contributed by atoms with van der Waals surface area (Å²) in [6.45, 7) is 0.989. The second kappa shape index (κ2) is 14.8. The average Bonchev–Trinajstić information content (AvgIpc) is 3.45. The van der Waals surface area contributed by atoms with Gasteiger partial charge in [0.05, 0.1) is 24.1 Å². The predicted octanol–water partition coefficient (Wildman–Crippen LogP) is 2.24. The number of benzene rings is 2. The van der Waals surface area contributed by atoms with E-state index in [2.05, 4.69) is 26.1 Å². The molecule has 2 heterocycles. The van der Waals surface area contributed by atoms with Crippen molar-refractivity contribution in [2.75, 3.05) is 51.5 Å². The minimum atomic E-state index is -3.82. The van der Waals surface area contributed by atoms with E-state index in [9.17, 15) is 22.8 Å². The molecule has 0 saturated carbocycles. The number of anilines is 2. The van der Waals surface area contributed by atoms with E-state index in [0.29, 0.717) is 36.4 Å². The zero-order chi connectivity index (χ0) is 31.7. The van der Waals surface area contributed by atoms with Crippen LogP contribution >= 0.6 is 0 Å². The molecule has 0 unspecified atom stereocenters. The van der Waals surface area contributed by atoms with Gasteiger partial charge < -0.3 is 25.6 Å². The Morgan fingerprint density at radius 3 is 2.57 bits per heavy atom. The van der Waals surface area contributed by atoms with Crippen molar-refractivity contribution in [2.45, 2.75) is 30.2 Å². The number of methoxy groups -OCH3 is 1. The van der Waals surface area contributed by atoms with Crippen molar-refractivity contribution >= 4 is 39.1 Å². The molecule has 1 fully saturated rings. The lowest BCUT2D eigenvalue weighted by atomic mass is 10.1. The molecule has 3 aromatic rings. The molecule has 14 heteroatoms. The number of sulfonamides is 1. The Hall–Kier alpha value is -4.53. The standard InChI is InChI=1S/C30H37N7O6S/c1-36(2)15-7-12-27(38)32-23-9-6-10-24(19-23)44(41,42)37-16-13-22(14-17-37)33-30(40)29-25(20-31-35-29)34-28(39)18-21-8-4-5-11-26(21)43-3/h4-12,19-20,22H,13-18H2,1-3H3,(H,31,35)(H,32,38)(H,33,40)(H,34,39).